The lowest BCUT2D eigenvalue weighted by Crippen LogP contribution is -2.02. The van der Waals surface area contributed by atoms with E-state index in [0.29, 0.717) is 0 Å². The molecular formula is C30H23N3. The molecule has 0 radical (unpaired) electrons. The van der Waals surface area contributed by atoms with Crippen LogP contribution in [0.1, 0.15) is 16.7 Å². The topological polar surface area (TPSA) is 40.2 Å². The third-order valence-corrected chi connectivity index (χ3v) is 6.05. The Labute approximate surface area is 193 Å². The second-order valence-electron chi connectivity index (χ2n) is 8.35. The minimum atomic E-state index is 0.930. The standard InChI is InChI=1S/C30H23N3/c1-20-16-17-24-23(18-20)29(30(33-24)22-12-6-3-7-13-22)28-19-27(21-10-4-2-5-11-21)31-25-14-8-9-15-26(25)32-28/h2-19,32-33H,1H3. The van der Waals surface area contributed by atoms with Crippen molar-refractivity contribution in [3.63, 3.8) is 0 Å². The van der Waals surface area contributed by atoms with Gasteiger partial charge in [0.15, 0.2) is 0 Å². The molecule has 0 aliphatic carbocycles. The molecule has 1 aromatic heterocycles. The van der Waals surface area contributed by atoms with Crippen molar-refractivity contribution < 1.29 is 0 Å². The van der Waals surface area contributed by atoms with Crippen molar-refractivity contribution in [1.82, 2.24) is 4.98 Å². The van der Waals surface area contributed by atoms with Crippen LogP contribution in [0.25, 0.3) is 27.9 Å². The molecule has 1 aliphatic rings. The Morgan fingerprint density at radius 2 is 1.39 bits per heavy atom. The van der Waals surface area contributed by atoms with Crippen molar-refractivity contribution in [3.8, 4) is 11.3 Å². The highest BCUT2D eigenvalue weighted by Gasteiger charge is 2.21. The molecule has 0 fully saturated rings. The summed E-state index contributed by atoms with van der Waals surface area (Å²) < 4.78 is 0. The van der Waals surface area contributed by atoms with E-state index in [1.807, 2.05) is 18.2 Å². The number of aromatic amines is 1. The first kappa shape index (κ1) is 19.3. The summed E-state index contributed by atoms with van der Waals surface area (Å²) in [5.41, 5.74) is 10.7. The minimum absolute atomic E-state index is 0.930. The van der Waals surface area contributed by atoms with E-state index in [1.54, 1.807) is 0 Å². The number of hydrogen-bond acceptors (Lipinski definition) is 2. The van der Waals surface area contributed by atoms with E-state index in [1.165, 1.54) is 10.9 Å². The summed E-state index contributed by atoms with van der Waals surface area (Å²) in [5, 5.41) is 4.90. The number of fused-ring (bicyclic) bond motifs is 2. The van der Waals surface area contributed by atoms with Gasteiger partial charge in [-0.25, -0.2) is 4.99 Å². The lowest BCUT2D eigenvalue weighted by Gasteiger charge is -2.13. The Hall–Kier alpha value is -4.37. The number of allylic oxidation sites excluding steroid dienone is 1. The quantitative estimate of drug-likeness (QED) is 0.305. The van der Waals surface area contributed by atoms with Gasteiger partial charge in [0, 0.05) is 22.0 Å². The summed E-state index contributed by atoms with van der Waals surface area (Å²) in [7, 11) is 0. The zero-order chi connectivity index (χ0) is 22.2. The predicted molar refractivity (Wildman–Crippen MR) is 139 cm³/mol. The van der Waals surface area contributed by atoms with Crippen LogP contribution in [-0.2, 0) is 0 Å². The van der Waals surface area contributed by atoms with E-state index < -0.39 is 0 Å². The fraction of sp³-hybridized carbons (Fsp3) is 0.0333. The van der Waals surface area contributed by atoms with Crippen LogP contribution < -0.4 is 5.32 Å². The van der Waals surface area contributed by atoms with Gasteiger partial charge < -0.3 is 10.3 Å². The van der Waals surface area contributed by atoms with E-state index >= 15 is 0 Å². The third kappa shape index (κ3) is 3.54. The monoisotopic (exact) mass is 425 g/mol. The number of rotatable bonds is 3. The van der Waals surface area contributed by atoms with Crippen LogP contribution in [0.2, 0.25) is 0 Å². The molecule has 0 spiro atoms. The van der Waals surface area contributed by atoms with Crippen LogP contribution in [0.15, 0.2) is 114 Å². The van der Waals surface area contributed by atoms with Crippen molar-refractivity contribution in [2.24, 2.45) is 4.99 Å². The maximum absolute atomic E-state index is 5.04. The van der Waals surface area contributed by atoms with Gasteiger partial charge in [-0.15, -0.1) is 0 Å². The van der Waals surface area contributed by atoms with Gasteiger partial charge in [-0.05, 0) is 42.8 Å². The van der Waals surface area contributed by atoms with Gasteiger partial charge in [-0.2, -0.15) is 0 Å². The van der Waals surface area contributed by atoms with Gasteiger partial charge in [0.05, 0.1) is 28.5 Å². The summed E-state index contributed by atoms with van der Waals surface area (Å²) in [6.45, 7) is 2.14. The summed E-state index contributed by atoms with van der Waals surface area (Å²) >= 11 is 0. The molecular weight excluding hydrogens is 402 g/mol. The summed E-state index contributed by atoms with van der Waals surface area (Å²) in [6.07, 6.45) is 2.17. The summed E-state index contributed by atoms with van der Waals surface area (Å²) in [5.74, 6) is 0. The molecule has 0 saturated carbocycles. The SMILES string of the molecule is Cc1ccc2[nH]c(-c3ccccc3)c(C3=CC(c4ccccc4)=Nc4ccccc4N3)c2c1. The molecule has 0 atom stereocenters. The van der Waals surface area contributed by atoms with Gasteiger partial charge in [0.25, 0.3) is 0 Å². The van der Waals surface area contributed by atoms with Gasteiger partial charge >= 0.3 is 0 Å². The number of benzene rings is 4. The first-order valence-corrected chi connectivity index (χ1v) is 11.2. The summed E-state index contributed by atoms with van der Waals surface area (Å²) in [4.78, 5) is 8.72. The van der Waals surface area contributed by atoms with E-state index in [-0.39, 0.29) is 0 Å². The number of H-pyrrole nitrogens is 1. The van der Waals surface area contributed by atoms with Crippen molar-refractivity contribution in [2.45, 2.75) is 6.92 Å². The molecule has 2 heterocycles. The average molecular weight is 426 g/mol. The van der Waals surface area contributed by atoms with Crippen LogP contribution in [0.5, 0.6) is 0 Å². The van der Waals surface area contributed by atoms with E-state index in [0.717, 1.165) is 50.7 Å². The normalized spacial score (nSPS) is 13.0. The fourth-order valence-electron chi connectivity index (χ4n) is 4.46. The molecule has 5 aromatic rings. The molecule has 0 amide bonds. The molecule has 4 aromatic carbocycles. The third-order valence-electron chi connectivity index (χ3n) is 6.05. The van der Waals surface area contributed by atoms with Crippen molar-refractivity contribution >= 4 is 33.7 Å². The zero-order valence-corrected chi connectivity index (χ0v) is 18.3. The van der Waals surface area contributed by atoms with E-state index in [4.69, 9.17) is 4.99 Å². The van der Waals surface area contributed by atoms with Gasteiger partial charge in [-0.3, -0.25) is 0 Å². The summed E-state index contributed by atoms with van der Waals surface area (Å²) in [6, 6.07) is 35.7. The van der Waals surface area contributed by atoms with Gasteiger partial charge in [0.2, 0.25) is 0 Å². The van der Waals surface area contributed by atoms with E-state index in [2.05, 4.69) is 108 Å². The Bertz CT molecular complexity index is 1520. The molecule has 33 heavy (non-hydrogen) atoms. The lowest BCUT2D eigenvalue weighted by molar-refractivity contribution is 1.43. The molecule has 2 N–H and O–H groups in total. The van der Waals surface area contributed by atoms with Crippen molar-refractivity contribution in [3.05, 3.63) is 126 Å². The number of nitrogens with one attached hydrogen (secondary N) is 2. The molecule has 3 heteroatoms. The second kappa shape index (κ2) is 7.95. The van der Waals surface area contributed by atoms with Crippen LogP contribution in [0, 0.1) is 6.92 Å². The molecule has 158 valence electrons. The Morgan fingerprint density at radius 3 is 2.18 bits per heavy atom. The number of aryl methyl sites for hydroxylation is 1. The largest absolute Gasteiger partial charge is 0.354 e. The molecule has 0 bridgehead atoms. The van der Waals surface area contributed by atoms with E-state index in [9.17, 15) is 0 Å². The highest BCUT2D eigenvalue weighted by molar-refractivity contribution is 6.18. The molecule has 0 saturated heterocycles. The van der Waals surface area contributed by atoms with Crippen LogP contribution in [0.3, 0.4) is 0 Å². The minimum Gasteiger partial charge on any atom is -0.354 e. The number of hydrogen-bond donors (Lipinski definition) is 2. The highest BCUT2D eigenvalue weighted by atomic mass is 15.0. The lowest BCUT2D eigenvalue weighted by atomic mass is 9.99. The second-order valence-corrected chi connectivity index (χ2v) is 8.35. The Morgan fingerprint density at radius 1 is 0.697 bits per heavy atom. The van der Waals surface area contributed by atoms with Crippen LogP contribution in [-0.4, -0.2) is 10.7 Å². The smallest absolute Gasteiger partial charge is 0.0871 e. The highest BCUT2D eigenvalue weighted by Crippen LogP contribution is 2.39. The zero-order valence-electron chi connectivity index (χ0n) is 18.3. The van der Waals surface area contributed by atoms with Crippen molar-refractivity contribution in [1.29, 1.82) is 0 Å². The fourth-order valence-corrected chi connectivity index (χ4v) is 4.46. The number of anilines is 1. The average Bonchev–Trinajstić information content (AvgIpc) is 3.12. The van der Waals surface area contributed by atoms with Gasteiger partial charge in [-0.1, -0.05) is 84.4 Å². The Kier molecular flexibility index (Phi) is 4.66. The Balaban J connectivity index is 1.64. The van der Waals surface area contributed by atoms with Crippen LogP contribution in [0.4, 0.5) is 11.4 Å². The molecule has 0 unspecified atom stereocenters. The first-order chi connectivity index (χ1) is 16.3. The van der Waals surface area contributed by atoms with Crippen molar-refractivity contribution in [2.75, 3.05) is 5.32 Å². The number of nitrogens with zero attached hydrogens (tertiary/aromatic N) is 1. The van der Waals surface area contributed by atoms with Crippen LogP contribution >= 0.6 is 0 Å². The number of aromatic nitrogens is 1. The molecule has 6 rings (SSSR count). The van der Waals surface area contributed by atoms with Gasteiger partial charge in [0.1, 0.15) is 0 Å². The molecule has 3 nitrogen and oxygen atoms in total. The number of aliphatic imine (C=N–C) groups is 1. The maximum atomic E-state index is 5.04. The predicted octanol–water partition coefficient (Wildman–Crippen LogP) is 7.73. The molecule has 1 aliphatic heterocycles. The maximum Gasteiger partial charge on any atom is 0.0871 e. The number of para-hydroxylation sites is 2. The first-order valence-electron chi connectivity index (χ1n) is 11.2.